The molecule has 2 nitrogen and oxygen atoms in total. The Labute approximate surface area is 223 Å². The van der Waals surface area contributed by atoms with E-state index >= 15 is 0 Å². The SMILES string of the molecule is CC(C)(C)c1ccc(Oc2ccc(C(C)(C)c3ccc(Oc4ccc(C(C)(C)C)cc4)cc3)cc2)cc1. The van der Waals surface area contributed by atoms with E-state index < -0.39 is 0 Å². The fourth-order valence-electron chi connectivity index (χ4n) is 4.36. The van der Waals surface area contributed by atoms with Crippen LogP contribution in [0.25, 0.3) is 0 Å². The van der Waals surface area contributed by atoms with Crippen molar-refractivity contribution in [2.75, 3.05) is 0 Å². The summed E-state index contributed by atoms with van der Waals surface area (Å²) in [5.74, 6) is 3.38. The van der Waals surface area contributed by atoms with Gasteiger partial charge in [0.1, 0.15) is 23.0 Å². The van der Waals surface area contributed by atoms with E-state index in [0.29, 0.717) is 0 Å². The number of rotatable bonds is 6. The predicted octanol–water partition coefficient (Wildman–Crippen LogP) is 10.2. The molecule has 4 rings (SSSR count). The molecule has 0 aliphatic carbocycles. The van der Waals surface area contributed by atoms with Crippen LogP contribution in [0, 0.1) is 0 Å². The third-order valence-electron chi connectivity index (χ3n) is 7.06. The van der Waals surface area contributed by atoms with Crippen LogP contribution in [0.5, 0.6) is 23.0 Å². The van der Waals surface area contributed by atoms with Crippen molar-refractivity contribution in [2.24, 2.45) is 0 Å². The molecule has 37 heavy (non-hydrogen) atoms. The normalized spacial score (nSPS) is 12.3. The standard InChI is InChI=1S/C35H40O2/c1-33(2,3)25-9-17-29(18-10-25)36-31-21-13-27(14-22-31)35(7,8)28-15-23-32(24-16-28)37-30-19-11-26(12-20-30)34(4,5)6/h9-24H,1-8H3. The Balaban J connectivity index is 1.42. The van der Waals surface area contributed by atoms with Gasteiger partial charge in [0.05, 0.1) is 0 Å². The van der Waals surface area contributed by atoms with Gasteiger partial charge in [0.2, 0.25) is 0 Å². The van der Waals surface area contributed by atoms with E-state index in [1.807, 2.05) is 48.5 Å². The van der Waals surface area contributed by atoms with Gasteiger partial charge in [-0.1, -0.05) is 104 Å². The number of benzene rings is 4. The maximum Gasteiger partial charge on any atom is 0.127 e. The summed E-state index contributed by atoms with van der Waals surface area (Å²) in [5.41, 5.74) is 5.17. The van der Waals surface area contributed by atoms with Crippen molar-refractivity contribution >= 4 is 0 Å². The van der Waals surface area contributed by atoms with Gasteiger partial charge in [0.25, 0.3) is 0 Å². The van der Waals surface area contributed by atoms with Gasteiger partial charge in [-0.3, -0.25) is 0 Å². The van der Waals surface area contributed by atoms with Crippen molar-refractivity contribution in [2.45, 2.75) is 71.6 Å². The van der Waals surface area contributed by atoms with E-state index in [1.165, 1.54) is 22.3 Å². The molecular weight excluding hydrogens is 452 g/mol. The van der Waals surface area contributed by atoms with Crippen molar-refractivity contribution < 1.29 is 9.47 Å². The van der Waals surface area contributed by atoms with Gasteiger partial charge in [0.15, 0.2) is 0 Å². The van der Waals surface area contributed by atoms with Gasteiger partial charge in [-0.05, 0) is 81.6 Å². The van der Waals surface area contributed by atoms with Crippen LogP contribution in [-0.2, 0) is 16.2 Å². The van der Waals surface area contributed by atoms with E-state index in [2.05, 4.69) is 104 Å². The fourth-order valence-corrected chi connectivity index (χ4v) is 4.36. The van der Waals surface area contributed by atoms with Gasteiger partial charge < -0.3 is 9.47 Å². The second kappa shape index (κ2) is 10.1. The summed E-state index contributed by atoms with van der Waals surface area (Å²) in [6.45, 7) is 17.8. The number of hydrogen-bond acceptors (Lipinski definition) is 2. The molecular formula is C35H40O2. The van der Waals surface area contributed by atoms with E-state index in [4.69, 9.17) is 9.47 Å². The Morgan fingerprint density at radius 2 is 0.541 bits per heavy atom. The Bertz CT molecular complexity index is 1190. The molecule has 192 valence electrons. The van der Waals surface area contributed by atoms with Crippen LogP contribution in [0.15, 0.2) is 97.1 Å². The second-order valence-electron chi connectivity index (χ2n) is 12.4. The smallest absolute Gasteiger partial charge is 0.127 e. The minimum atomic E-state index is -0.153. The summed E-state index contributed by atoms with van der Waals surface area (Å²) < 4.78 is 12.2. The Kier molecular flexibility index (Phi) is 7.24. The molecule has 4 aromatic carbocycles. The zero-order valence-corrected chi connectivity index (χ0v) is 23.6. The maximum absolute atomic E-state index is 6.10. The minimum Gasteiger partial charge on any atom is -0.457 e. The lowest BCUT2D eigenvalue weighted by molar-refractivity contribution is 0.480. The maximum atomic E-state index is 6.10. The fraction of sp³-hybridized carbons (Fsp3) is 0.314. The molecule has 0 aliphatic heterocycles. The van der Waals surface area contributed by atoms with Crippen LogP contribution in [0.2, 0.25) is 0 Å². The molecule has 0 unspecified atom stereocenters. The molecule has 0 amide bonds. The lowest BCUT2D eigenvalue weighted by Crippen LogP contribution is -2.18. The molecule has 0 spiro atoms. The molecule has 0 saturated heterocycles. The third-order valence-corrected chi connectivity index (χ3v) is 7.06. The van der Waals surface area contributed by atoms with Crippen molar-refractivity contribution in [3.8, 4) is 23.0 Å². The van der Waals surface area contributed by atoms with Gasteiger partial charge in [-0.15, -0.1) is 0 Å². The average Bonchev–Trinajstić information content (AvgIpc) is 2.84. The lowest BCUT2D eigenvalue weighted by Gasteiger charge is -2.26. The first kappa shape index (κ1) is 26.5. The van der Waals surface area contributed by atoms with Crippen molar-refractivity contribution in [1.82, 2.24) is 0 Å². The first-order valence-corrected chi connectivity index (χ1v) is 13.1. The highest BCUT2D eigenvalue weighted by Crippen LogP contribution is 2.35. The molecule has 0 bridgehead atoms. The van der Waals surface area contributed by atoms with E-state index in [9.17, 15) is 0 Å². The zero-order valence-electron chi connectivity index (χ0n) is 23.6. The molecule has 0 atom stereocenters. The van der Waals surface area contributed by atoms with Crippen molar-refractivity contribution in [1.29, 1.82) is 0 Å². The summed E-state index contributed by atoms with van der Waals surface area (Å²) in [4.78, 5) is 0. The van der Waals surface area contributed by atoms with Crippen LogP contribution in [-0.4, -0.2) is 0 Å². The summed E-state index contributed by atoms with van der Waals surface area (Å²) in [7, 11) is 0. The molecule has 0 N–H and O–H groups in total. The highest BCUT2D eigenvalue weighted by Gasteiger charge is 2.23. The first-order valence-electron chi connectivity index (χ1n) is 13.1. The summed E-state index contributed by atoms with van der Waals surface area (Å²) in [6, 6.07) is 33.5. The Hall–Kier alpha value is -3.52. The topological polar surface area (TPSA) is 18.5 Å². The van der Waals surface area contributed by atoms with Gasteiger partial charge >= 0.3 is 0 Å². The lowest BCUT2D eigenvalue weighted by atomic mass is 9.78. The number of ether oxygens (including phenoxy) is 2. The highest BCUT2D eigenvalue weighted by atomic mass is 16.5. The molecule has 0 saturated carbocycles. The molecule has 0 aromatic heterocycles. The van der Waals surface area contributed by atoms with Gasteiger partial charge in [0, 0.05) is 5.41 Å². The Morgan fingerprint density at radius 3 is 0.757 bits per heavy atom. The second-order valence-corrected chi connectivity index (χ2v) is 12.4. The van der Waals surface area contributed by atoms with E-state index in [-0.39, 0.29) is 16.2 Å². The molecule has 4 aromatic rings. The zero-order chi connectivity index (χ0) is 26.8. The first-order chi connectivity index (χ1) is 17.3. The monoisotopic (exact) mass is 492 g/mol. The number of hydrogen-bond donors (Lipinski definition) is 0. The largest absolute Gasteiger partial charge is 0.457 e. The molecule has 0 radical (unpaired) electrons. The summed E-state index contributed by atoms with van der Waals surface area (Å²) in [6.07, 6.45) is 0. The van der Waals surface area contributed by atoms with Crippen molar-refractivity contribution in [3.63, 3.8) is 0 Å². The predicted molar refractivity (Wildman–Crippen MR) is 155 cm³/mol. The van der Waals surface area contributed by atoms with Crippen LogP contribution in [0.4, 0.5) is 0 Å². The van der Waals surface area contributed by atoms with E-state index in [1.54, 1.807) is 0 Å². The van der Waals surface area contributed by atoms with Gasteiger partial charge in [-0.2, -0.15) is 0 Å². The van der Waals surface area contributed by atoms with Crippen LogP contribution < -0.4 is 9.47 Å². The van der Waals surface area contributed by atoms with Crippen LogP contribution in [0.1, 0.15) is 77.6 Å². The minimum absolute atomic E-state index is 0.133. The molecule has 0 fully saturated rings. The third kappa shape index (κ3) is 6.43. The van der Waals surface area contributed by atoms with Crippen LogP contribution in [0.3, 0.4) is 0 Å². The molecule has 2 heteroatoms. The summed E-state index contributed by atoms with van der Waals surface area (Å²) in [5, 5.41) is 0. The van der Waals surface area contributed by atoms with E-state index in [0.717, 1.165) is 23.0 Å². The summed E-state index contributed by atoms with van der Waals surface area (Å²) >= 11 is 0. The Morgan fingerprint density at radius 1 is 0.324 bits per heavy atom. The van der Waals surface area contributed by atoms with Gasteiger partial charge in [-0.25, -0.2) is 0 Å². The highest BCUT2D eigenvalue weighted by molar-refractivity contribution is 5.44. The molecule has 0 heterocycles. The van der Waals surface area contributed by atoms with Crippen molar-refractivity contribution in [3.05, 3.63) is 119 Å². The average molecular weight is 493 g/mol. The molecule has 0 aliphatic rings. The quantitative estimate of drug-likeness (QED) is 0.266. The van der Waals surface area contributed by atoms with Crippen LogP contribution >= 0.6 is 0 Å².